The second kappa shape index (κ2) is 8.52. The van der Waals surface area contributed by atoms with Gasteiger partial charge in [-0.3, -0.25) is 9.56 Å². The Morgan fingerprint density at radius 3 is 2.89 bits per heavy atom. The van der Waals surface area contributed by atoms with Crippen molar-refractivity contribution >= 4 is 17.3 Å². The predicted octanol–water partition coefficient (Wildman–Crippen LogP) is 4.63. The van der Waals surface area contributed by atoms with Gasteiger partial charge in [-0.2, -0.15) is 0 Å². The zero-order valence-electron chi connectivity index (χ0n) is 15.8. The summed E-state index contributed by atoms with van der Waals surface area (Å²) in [5, 5.41) is 8.60. The summed E-state index contributed by atoms with van der Waals surface area (Å²) >= 11 is 6.22. The summed E-state index contributed by atoms with van der Waals surface area (Å²) in [6, 6.07) is 11.6. The normalized spacial score (nSPS) is 12.7. The average Bonchev–Trinajstić information content (AvgIpc) is 3.12. The van der Waals surface area contributed by atoms with Crippen molar-refractivity contribution in [2.75, 3.05) is 6.61 Å². The SMILES string of the molecule is CCCCCCOc1ccccc1C1=NCc2nncn2-c2ccc(Cl)nc21. The van der Waals surface area contributed by atoms with Crippen LogP contribution in [0.25, 0.3) is 5.69 Å². The Labute approximate surface area is 169 Å². The van der Waals surface area contributed by atoms with Gasteiger partial charge in [0.25, 0.3) is 0 Å². The van der Waals surface area contributed by atoms with Crippen LogP contribution in [-0.4, -0.2) is 32.1 Å². The first kappa shape index (κ1) is 18.6. The van der Waals surface area contributed by atoms with E-state index in [0.717, 1.165) is 35.0 Å². The number of pyridine rings is 1. The minimum Gasteiger partial charge on any atom is -0.493 e. The van der Waals surface area contributed by atoms with Crippen LogP contribution in [0.3, 0.4) is 0 Å². The molecule has 0 aliphatic carbocycles. The lowest BCUT2D eigenvalue weighted by atomic mass is 10.0. The van der Waals surface area contributed by atoms with Gasteiger partial charge >= 0.3 is 0 Å². The Balaban J connectivity index is 1.70. The highest BCUT2D eigenvalue weighted by Crippen LogP contribution is 2.28. The Hall–Kier alpha value is -2.73. The number of ether oxygens (including phenoxy) is 1. The Morgan fingerprint density at radius 1 is 1.11 bits per heavy atom. The molecule has 0 spiro atoms. The number of benzene rings is 1. The molecule has 0 radical (unpaired) electrons. The molecule has 0 unspecified atom stereocenters. The first-order valence-electron chi connectivity index (χ1n) is 9.60. The highest BCUT2D eigenvalue weighted by atomic mass is 35.5. The summed E-state index contributed by atoms with van der Waals surface area (Å²) in [6.07, 6.45) is 6.33. The summed E-state index contributed by atoms with van der Waals surface area (Å²) in [7, 11) is 0. The number of fused-ring (bicyclic) bond motifs is 3. The lowest BCUT2D eigenvalue weighted by Gasteiger charge is -2.14. The quantitative estimate of drug-likeness (QED) is 0.432. The Morgan fingerprint density at radius 2 is 2.00 bits per heavy atom. The minimum absolute atomic E-state index is 0.411. The van der Waals surface area contributed by atoms with Crippen LogP contribution >= 0.6 is 11.6 Å². The maximum absolute atomic E-state index is 6.22. The molecule has 28 heavy (non-hydrogen) atoms. The fourth-order valence-electron chi connectivity index (χ4n) is 3.30. The Bertz CT molecular complexity index is 998. The third-order valence-corrected chi connectivity index (χ3v) is 4.93. The maximum atomic E-state index is 6.22. The molecular weight excluding hydrogens is 374 g/mol. The summed E-state index contributed by atoms with van der Waals surface area (Å²) in [4.78, 5) is 9.37. The number of aliphatic imine (C=N–C) groups is 1. The van der Waals surface area contributed by atoms with E-state index < -0.39 is 0 Å². The fourth-order valence-corrected chi connectivity index (χ4v) is 3.45. The highest BCUT2D eigenvalue weighted by Gasteiger charge is 2.23. The van der Waals surface area contributed by atoms with Gasteiger partial charge in [0.1, 0.15) is 29.5 Å². The van der Waals surface area contributed by atoms with E-state index in [0.29, 0.717) is 24.0 Å². The van der Waals surface area contributed by atoms with E-state index in [2.05, 4.69) is 22.1 Å². The number of rotatable bonds is 7. The van der Waals surface area contributed by atoms with Gasteiger partial charge in [-0.15, -0.1) is 10.2 Å². The van der Waals surface area contributed by atoms with E-state index in [1.54, 1.807) is 12.4 Å². The number of hydrogen-bond donors (Lipinski definition) is 0. The monoisotopic (exact) mass is 395 g/mol. The second-order valence-electron chi connectivity index (χ2n) is 6.69. The van der Waals surface area contributed by atoms with Crippen molar-refractivity contribution in [3.05, 3.63) is 65.0 Å². The van der Waals surface area contributed by atoms with Crippen LogP contribution in [0.5, 0.6) is 5.75 Å². The first-order valence-corrected chi connectivity index (χ1v) is 9.98. The molecule has 0 atom stereocenters. The van der Waals surface area contributed by atoms with Gasteiger partial charge in [-0.05, 0) is 30.7 Å². The van der Waals surface area contributed by atoms with Gasteiger partial charge in [0.2, 0.25) is 0 Å². The molecular formula is C21H22ClN5O. The molecule has 144 valence electrons. The van der Waals surface area contributed by atoms with Crippen LogP contribution in [0.1, 0.15) is 49.7 Å². The molecule has 0 saturated carbocycles. The van der Waals surface area contributed by atoms with Crippen molar-refractivity contribution in [1.82, 2.24) is 19.7 Å². The number of hydrogen-bond acceptors (Lipinski definition) is 5. The Kier molecular flexibility index (Phi) is 5.67. The number of nitrogens with zero attached hydrogens (tertiary/aromatic N) is 5. The smallest absolute Gasteiger partial charge is 0.159 e. The number of unbranched alkanes of at least 4 members (excludes halogenated alkanes) is 3. The fraction of sp³-hybridized carbons (Fsp3) is 0.333. The van der Waals surface area contributed by atoms with Crippen molar-refractivity contribution in [2.24, 2.45) is 4.99 Å². The third-order valence-electron chi connectivity index (χ3n) is 4.72. The van der Waals surface area contributed by atoms with Crippen LogP contribution in [0.4, 0.5) is 0 Å². The van der Waals surface area contributed by atoms with Crippen LogP contribution < -0.4 is 4.74 Å². The summed E-state index contributed by atoms with van der Waals surface area (Å²) in [5.74, 6) is 1.57. The molecule has 0 bridgehead atoms. The number of aromatic nitrogens is 4. The second-order valence-corrected chi connectivity index (χ2v) is 7.08. The van der Waals surface area contributed by atoms with Gasteiger partial charge in [-0.25, -0.2) is 4.98 Å². The van der Waals surface area contributed by atoms with E-state index in [-0.39, 0.29) is 0 Å². The van der Waals surface area contributed by atoms with E-state index in [9.17, 15) is 0 Å². The van der Waals surface area contributed by atoms with Crippen molar-refractivity contribution in [3.8, 4) is 11.4 Å². The van der Waals surface area contributed by atoms with Crippen molar-refractivity contribution in [1.29, 1.82) is 0 Å². The minimum atomic E-state index is 0.411. The zero-order chi connectivity index (χ0) is 19.3. The topological polar surface area (TPSA) is 65.2 Å². The van der Waals surface area contributed by atoms with Crippen LogP contribution in [0, 0.1) is 0 Å². The number of halogens is 1. The molecule has 7 heteroatoms. The molecule has 1 aliphatic rings. The van der Waals surface area contributed by atoms with Crippen LogP contribution in [-0.2, 0) is 6.54 Å². The molecule has 0 amide bonds. The highest BCUT2D eigenvalue weighted by molar-refractivity contribution is 6.30. The van der Waals surface area contributed by atoms with Gasteiger partial charge in [-0.1, -0.05) is 49.9 Å². The lowest BCUT2D eigenvalue weighted by molar-refractivity contribution is 0.304. The maximum Gasteiger partial charge on any atom is 0.159 e. The summed E-state index contributed by atoms with van der Waals surface area (Å²) in [6.45, 7) is 3.30. The summed E-state index contributed by atoms with van der Waals surface area (Å²) < 4.78 is 8.01. The van der Waals surface area contributed by atoms with Gasteiger partial charge in [0, 0.05) is 5.56 Å². The molecule has 3 heterocycles. The van der Waals surface area contributed by atoms with Crippen LogP contribution in [0.2, 0.25) is 5.15 Å². The predicted molar refractivity (Wildman–Crippen MR) is 110 cm³/mol. The molecule has 1 aliphatic heterocycles. The molecule has 1 aromatic carbocycles. The molecule has 0 saturated heterocycles. The lowest BCUT2D eigenvalue weighted by Crippen LogP contribution is -2.12. The molecule has 0 N–H and O–H groups in total. The third kappa shape index (κ3) is 3.78. The van der Waals surface area contributed by atoms with Gasteiger partial charge in [0.15, 0.2) is 5.82 Å². The standard InChI is InChI=1S/C21H22ClN5O/c1-2-3-4-7-12-28-17-9-6-5-8-15(17)20-21-16(10-11-18(22)25-21)27-14-24-26-19(27)13-23-20/h5-6,8-11,14H,2-4,7,12-13H2,1H3. The largest absolute Gasteiger partial charge is 0.493 e. The summed E-state index contributed by atoms with van der Waals surface area (Å²) in [5.41, 5.74) is 3.23. The van der Waals surface area contributed by atoms with Crippen molar-refractivity contribution in [3.63, 3.8) is 0 Å². The van der Waals surface area contributed by atoms with Crippen molar-refractivity contribution in [2.45, 2.75) is 39.2 Å². The molecule has 2 aromatic heterocycles. The van der Waals surface area contributed by atoms with Gasteiger partial charge < -0.3 is 4.74 Å². The van der Waals surface area contributed by atoms with Gasteiger partial charge in [0.05, 0.1) is 18.0 Å². The van der Waals surface area contributed by atoms with E-state index >= 15 is 0 Å². The first-order chi connectivity index (χ1) is 13.8. The molecule has 3 aromatic rings. The van der Waals surface area contributed by atoms with E-state index in [1.165, 1.54) is 19.3 Å². The van der Waals surface area contributed by atoms with Crippen LogP contribution in [0.15, 0.2) is 47.7 Å². The van der Waals surface area contributed by atoms with Crippen molar-refractivity contribution < 1.29 is 4.74 Å². The molecule has 0 fully saturated rings. The zero-order valence-corrected chi connectivity index (χ0v) is 16.6. The number of para-hydroxylation sites is 1. The average molecular weight is 396 g/mol. The van der Waals surface area contributed by atoms with E-state index in [4.69, 9.17) is 21.3 Å². The van der Waals surface area contributed by atoms with E-state index in [1.807, 2.05) is 34.9 Å². The molecule has 4 rings (SSSR count). The molecule has 6 nitrogen and oxygen atoms in total.